The quantitative estimate of drug-likeness (QED) is 0.785. The summed E-state index contributed by atoms with van der Waals surface area (Å²) < 4.78 is 0. The Morgan fingerprint density at radius 2 is 1.65 bits per heavy atom. The third kappa shape index (κ3) is 7.19. The van der Waals surface area contributed by atoms with Crippen LogP contribution in [0.4, 0.5) is 5.69 Å². The normalized spacial score (nSPS) is 11.5. The fourth-order valence-electron chi connectivity index (χ4n) is 1.80. The number of carbonyl (C=O) groups is 3. The van der Waals surface area contributed by atoms with Crippen LogP contribution in [0.5, 0.6) is 0 Å². The van der Waals surface area contributed by atoms with Gasteiger partial charge in [-0.3, -0.25) is 14.4 Å². The highest BCUT2D eigenvalue weighted by Crippen LogP contribution is 2.09. The van der Waals surface area contributed by atoms with E-state index in [4.69, 9.17) is 0 Å². The lowest BCUT2D eigenvalue weighted by molar-refractivity contribution is -0.133. The van der Waals surface area contributed by atoms with Crippen molar-refractivity contribution in [3.05, 3.63) is 29.8 Å². The van der Waals surface area contributed by atoms with E-state index in [-0.39, 0.29) is 29.2 Å². The number of carbonyl (C=O) groups excluding carboxylic acids is 3. The zero-order valence-corrected chi connectivity index (χ0v) is 14.7. The molecule has 0 saturated heterocycles. The SMILES string of the molecule is Cc1ccc(NC(=O)CSCC(=O)N[C@H](C)C(=O)N(C)C)cc1. The molecule has 1 aromatic rings. The molecule has 0 heterocycles. The highest BCUT2D eigenvalue weighted by molar-refractivity contribution is 8.00. The molecule has 0 bridgehead atoms. The monoisotopic (exact) mass is 337 g/mol. The third-order valence-electron chi connectivity index (χ3n) is 2.99. The summed E-state index contributed by atoms with van der Waals surface area (Å²) in [5.74, 6) is -0.283. The summed E-state index contributed by atoms with van der Waals surface area (Å²) in [7, 11) is 3.27. The summed E-state index contributed by atoms with van der Waals surface area (Å²) in [4.78, 5) is 36.5. The average molecular weight is 337 g/mol. The summed E-state index contributed by atoms with van der Waals surface area (Å²) in [6.07, 6.45) is 0. The highest BCUT2D eigenvalue weighted by Gasteiger charge is 2.17. The number of amides is 3. The second-order valence-corrected chi connectivity index (χ2v) is 6.41. The third-order valence-corrected chi connectivity index (χ3v) is 3.92. The van der Waals surface area contributed by atoms with Crippen molar-refractivity contribution < 1.29 is 14.4 Å². The Morgan fingerprint density at radius 1 is 1.09 bits per heavy atom. The van der Waals surface area contributed by atoms with Gasteiger partial charge in [-0.05, 0) is 26.0 Å². The molecule has 2 N–H and O–H groups in total. The molecule has 1 rings (SSSR count). The van der Waals surface area contributed by atoms with Crippen LogP contribution in [0, 0.1) is 6.92 Å². The van der Waals surface area contributed by atoms with Gasteiger partial charge in [-0.1, -0.05) is 17.7 Å². The first-order valence-electron chi connectivity index (χ1n) is 7.24. The molecule has 6 nitrogen and oxygen atoms in total. The van der Waals surface area contributed by atoms with Crippen LogP contribution in [0.3, 0.4) is 0 Å². The molecule has 0 saturated carbocycles. The highest BCUT2D eigenvalue weighted by atomic mass is 32.2. The van der Waals surface area contributed by atoms with Gasteiger partial charge in [0.2, 0.25) is 17.7 Å². The molecule has 1 atom stereocenters. The molecule has 0 aliphatic heterocycles. The molecular formula is C16H23N3O3S. The Balaban J connectivity index is 2.27. The second-order valence-electron chi connectivity index (χ2n) is 5.43. The lowest BCUT2D eigenvalue weighted by Crippen LogP contribution is -2.44. The Kier molecular flexibility index (Phi) is 7.61. The molecule has 3 amide bonds. The smallest absolute Gasteiger partial charge is 0.244 e. The van der Waals surface area contributed by atoms with Crippen molar-refractivity contribution in [2.75, 3.05) is 30.9 Å². The number of hydrogen-bond donors (Lipinski definition) is 2. The van der Waals surface area contributed by atoms with Crippen LogP contribution in [0.15, 0.2) is 24.3 Å². The minimum Gasteiger partial charge on any atom is -0.347 e. The van der Waals surface area contributed by atoms with Crippen molar-refractivity contribution >= 4 is 35.2 Å². The summed E-state index contributed by atoms with van der Waals surface area (Å²) in [5.41, 5.74) is 1.85. The van der Waals surface area contributed by atoms with E-state index in [1.807, 2.05) is 31.2 Å². The molecule has 0 aliphatic rings. The number of hydrogen-bond acceptors (Lipinski definition) is 4. The van der Waals surface area contributed by atoms with Crippen molar-refractivity contribution in [1.29, 1.82) is 0 Å². The van der Waals surface area contributed by atoms with Crippen molar-refractivity contribution in [3.63, 3.8) is 0 Å². The lowest BCUT2D eigenvalue weighted by Gasteiger charge is -2.17. The van der Waals surface area contributed by atoms with E-state index in [0.29, 0.717) is 0 Å². The predicted octanol–water partition coefficient (Wildman–Crippen LogP) is 1.26. The number of likely N-dealkylation sites (N-methyl/N-ethyl adjacent to an activating group) is 1. The van der Waals surface area contributed by atoms with Gasteiger partial charge in [0.05, 0.1) is 11.5 Å². The molecule has 1 aromatic carbocycles. The van der Waals surface area contributed by atoms with Gasteiger partial charge in [-0.2, -0.15) is 0 Å². The van der Waals surface area contributed by atoms with Gasteiger partial charge in [0, 0.05) is 19.8 Å². The van der Waals surface area contributed by atoms with E-state index in [2.05, 4.69) is 10.6 Å². The molecular weight excluding hydrogens is 314 g/mol. The molecule has 0 spiro atoms. The van der Waals surface area contributed by atoms with Gasteiger partial charge in [-0.25, -0.2) is 0 Å². The standard InChI is InChI=1S/C16H23N3O3S/c1-11-5-7-13(8-6-11)18-15(21)10-23-9-14(20)17-12(2)16(22)19(3)4/h5-8,12H,9-10H2,1-4H3,(H,17,20)(H,18,21)/t12-/m1/s1. The van der Waals surface area contributed by atoms with E-state index in [1.54, 1.807) is 21.0 Å². The maximum atomic E-state index is 11.8. The van der Waals surface area contributed by atoms with E-state index < -0.39 is 6.04 Å². The predicted molar refractivity (Wildman–Crippen MR) is 93.4 cm³/mol. The van der Waals surface area contributed by atoms with E-state index in [1.165, 1.54) is 16.7 Å². The maximum Gasteiger partial charge on any atom is 0.244 e. The molecule has 0 radical (unpaired) electrons. The van der Waals surface area contributed by atoms with Crippen LogP contribution in [-0.2, 0) is 14.4 Å². The largest absolute Gasteiger partial charge is 0.347 e. The molecule has 7 heteroatoms. The molecule has 23 heavy (non-hydrogen) atoms. The molecule has 0 aromatic heterocycles. The number of anilines is 1. The van der Waals surface area contributed by atoms with Crippen LogP contribution in [0.25, 0.3) is 0 Å². The number of rotatable bonds is 7. The van der Waals surface area contributed by atoms with Gasteiger partial charge in [0.25, 0.3) is 0 Å². The minimum absolute atomic E-state index is 0.131. The average Bonchev–Trinajstić information content (AvgIpc) is 2.48. The maximum absolute atomic E-state index is 11.8. The number of benzene rings is 1. The lowest BCUT2D eigenvalue weighted by atomic mass is 10.2. The van der Waals surface area contributed by atoms with Gasteiger partial charge in [0.1, 0.15) is 6.04 Å². The number of thioether (sulfide) groups is 1. The summed E-state index contributed by atoms with van der Waals surface area (Å²) in [5, 5.41) is 5.37. The Morgan fingerprint density at radius 3 is 2.22 bits per heavy atom. The molecule has 0 fully saturated rings. The fraction of sp³-hybridized carbons (Fsp3) is 0.438. The van der Waals surface area contributed by atoms with Crippen LogP contribution in [0.2, 0.25) is 0 Å². The summed E-state index contributed by atoms with van der Waals surface area (Å²) in [6, 6.07) is 6.93. The molecule has 0 unspecified atom stereocenters. The van der Waals surface area contributed by atoms with E-state index in [9.17, 15) is 14.4 Å². The van der Waals surface area contributed by atoms with Crippen LogP contribution >= 0.6 is 11.8 Å². The van der Waals surface area contributed by atoms with Crippen LogP contribution in [-0.4, -0.2) is 54.3 Å². The zero-order valence-electron chi connectivity index (χ0n) is 13.9. The van der Waals surface area contributed by atoms with Crippen LogP contribution in [0.1, 0.15) is 12.5 Å². The van der Waals surface area contributed by atoms with Crippen molar-refractivity contribution in [2.45, 2.75) is 19.9 Å². The fourth-order valence-corrected chi connectivity index (χ4v) is 2.43. The minimum atomic E-state index is -0.570. The van der Waals surface area contributed by atoms with E-state index >= 15 is 0 Å². The second kappa shape index (κ2) is 9.19. The Labute approximate surface area is 141 Å². The van der Waals surface area contributed by atoms with Crippen LogP contribution < -0.4 is 10.6 Å². The van der Waals surface area contributed by atoms with Gasteiger partial charge in [-0.15, -0.1) is 11.8 Å². The molecule has 0 aliphatic carbocycles. The van der Waals surface area contributed by atoms with Gasteiger partial charge >= 0.3 is 0 Å². The number of aryl methyl sites for hydroxylation is 1. The topological polar surface area (TPSA) is 78.5 Å². The van der Waals surface area contributed by atoms with Gasteiger partial charge < -0.3 is 15.5 Å². The Hall–Kier alpha value is -2.02. The van der Waals surface area contributed by atoms with Gasteiger partial charge in [0.15, 0.2) is 0 Å². The first-order valence-corrected chi connectivity index (χ1v) is 8.40. The number of nitrogens with zero attached hydrogens (tertiary/aromatic N) is 1. The van der Waals surface area contributed by atoms with Crippen molar-refractivity contribution in [1.82, 2.24) is 10.2 Å². The summed E-state index contributed by atoms with van der Waals surface area (Å²) in [6.45, 7) is 3.61. The summed E-state index contributed by atoms with van der Waals surface area (Å²) >= 11 is 1.20. The van der Waals surface area contributed by atoms with E-state index in [0.717, 1.165) is 11.3 Å². The zero-order chi connectivity index (χ0) is 17.4. The van der Waals surface area contributed by atoms with Crippen molar-refractivity contribution in [3.8, 4) is 0 Å². The molecule has 126 valence electrons. The van der Waals surface area contributed by atoms with Crippen molar-refractivity contribution in [2.24, 2.45) is 0 Å². The Bertz CT molecular complexity index is 558. The number of nitrogens with one attached hydrogen (secondary N) is 2. The first kappa shape index (κ1) is 19.0. The first-order chi connectivity index (χ1) is 10.8.